The van der Waals surface area contributed by atoms with Crippen molar-refractivity contribution in [1.29, 1.82) is 0 Å². The highest BCUT2D eigenvalue weighted by Gasteiger charge is 2.10. The second-order valence-electron chi connectivity index (χ2n) is 4.41. The number of rotatable bonds is 6. The molecule has 0 spiro atoms. The number of nitro groups is 1. The van der Waals surface area contributed by atoms with E-state index in [4.69, 9.17) is 9.47 Å². The number of benzene rings is 1. The third-order valence-corrected chi connectivity index (χ3v) is 3.02. The molecule has 0 unspecified atom stereocenters. The Morgan fingerprint density at radius 2 is 2.10 bits per heavy atom. The number of non-ortho nitro benzene ring substituents is 1. The first-order valence-corrected chi connectivity index (χ1v) is 6.43. The number of morpholine rings is 1. The lowest BCUT2D eigenvalue weighted by molar-refractivity contribution is -0.384. The molecule has 1 aromatic rings. The normalized spacial score (nSPS) is 15.4. The molecule has 0 amide bonds. The molecule has 1 aliphatic heterocycles. The zero-order valence-corrected chi connectivity index (χ0v) is 12.0. The molecule has 1 heterocycles. The van der Waals surface area contributed by atoms with Crippen LogP contribution in [-0.4, -0.2) is 49.3 Å². The van der Waals surface area contributed by atoms with Gasteiger partial charge in [-0.3, -0.25) is 15.0 Å². The Balaban J connectivity index is 0.00000200. The fourth-order valence-electron chi connectivity index (χ4n) is 1.99. The van der Waals surface area contributed by atoms with E-state index in [0.717, 1.165) is 39.3 Å². The van der Waals surface area contributed by atoms with Gasteiger partial charge in [0.1, 0.15) is 5.75 Å². The molecule has 0 aromatic heterocycles. The van der Waals surface area contributed by atoms with Crippen molar-refractivity contribution in [1.82, 2.24) is 4.90 Å². The quantitative estimate of drug-likeness (QED) is 0.457. The maximum absolute atomic E-state index is 10.6. The largest absolute Gasteiger partial charge is 0.493 e. The van der Waals surface area contributed by atoms with Crippen molar-refractivity contribution in [2.45, 2.75) is 6.42 Å². The SMILES string of the molecule is Cl.O=[N+]([O-])c1cccc(OCCCN2CCOCC2)c1. The third-order valence-electron chi connectivity index (χ3n) is 3.02. The predicted octanol–water partition coefficient (Wildman–Crippen LogP) is 2.12. The zero-order valence-electron chi connectivity index (χ0n) is 11.2. The highest BCUT2D eigenvalue weighted by molar-refractivity contribution is 5.85. The molecular weight excluding hydrogens is 284 g/mol. The van der Waals surface area contributed by atoms with E-state index < -0.39 is 4.92 Å². The summed E-state index contributed by atoms with van der Waals surface area (Å²) in [6, 6.07) is 6.28. The first-order valence-electron chi connectivity index (χ1n) is 6.43. The third kappa shape index (κ3) is 5.32. The summed E-state index contributed by atoms with van der Waals surface area (Å²) in [5.41, 5.74) is 0.0608. The van der Waals surface area contributed by atoms with Crippen LogP contribution in [0.15, 0.2) is 24.3 Å². The van der Waals surface area contributed by atoms with E-state index in [0.29, 0.717) is 12.4 Å². The summed E-state index contributed by atoms with van der Waals surface area (Å²) in [5.74, 6) is 0.552. The van der Waals surface area contributed by atoms with E-state index in [-0.39, 0.29) is 18.1 Å². The Labute approximate surface area is 124 Å². The monoisotopic (exact) mass is 302 g/mol. The van der Waals surface area contributed by atoms with E-state index >= 15 is 0 Å². The predicted molar refractivity (Wildman–Crippen MR) is 77.7 cm³/mol. The lowest BCUT2D eigenvalue weighted by atomic mass is 10.3. The molecule has 0 saturated carbocycles. The lowest BCUT2D eigenvalue weighted by Crippen LogP contribution is -2.37. The lowest BCUT2D eigenvalue weighted by Gasteiger charge is -2.26. The van der Waals surface area contributed by atoms with Crippen molar-refractivity contribution in [2.24, 2.45) is 0 Å². The summed E-state index contributed by atoms with van der Waals surface area (Å²) in [7, 11) is 0. The molecular formula is C13H19ClN2O4. The number of hydrogen-bond acceptors (Lipinski definition) is 5. The van der Waals surface area contributed by atoms with Gasteiger partial charge in [-0.25, -0.2) is 0 Å². The van der Waals surface area contributed by atoms with Crippen molar-refractivity contribution in [3.8, 4) is 5.75 Å². The van der Waals surface area contributed by atoms with Gasteiger partial charge in [0.05, 0.1) is 30.8 Å². The van der Waals surface area contributed by atoms with Gasteiger partial charge in [0, 0.05) is 25.7 Å². The molecule has 0 bridgehead atoms. The smallest absolute Gasteiger partial charge is 0.273 e. The molecule has 0 aliphatic carbocycles. The zero-order chi connectivity index (χ0) is 13.5. The topological polar surface area (TPSA) is 64.8 Å². The van der Waals surface area contributed by atoms with E-state index in [1.807, 2.05) is 0 Å². The van der Waals surface area contributed by atoms with Crippen LogP contribution < -0.4 is 4.74 Å². The van der Waals surface area contributed by atoms with Gasteiger partial charge in [0.2, 0.25) is 0 Å². The highest BCUT2D eigenvalue weighted by atomic mass is 35.5. The van der Waals surface area contributed by atoms with Crippen LogP contribution in [0.25, 0.3) is 0 Å². The van der Waals surface area contributed by atoms with Crippen LogP contribution in [0.3, 0.4) is 0 Å². The van der Waals surface area contributed by atoms with Gasteiger partial charge in [0.25, 0.3) is 5.69 Å². The maximum atomic E-state index is 10.6. The number of nitrogens with zero attached hydrogens (tertiary/aromatic N) is 2. The van der Waals surface area contributed by atoms with E-state index in [9.17, 15) is 10.1 Å². The highest BCUT2D eigenvalue weighted by Crippen LogP contribution is 2.19. The van der Waals surface area contributed by atoms with Crippen molar-refractivity contribution < 1.29 is 14.4 Å². The fraction of sp³-hybridized carbons (Fsp3) is 0.538. The van der Waals surface area contributed by atoms with Crippen molar-refractivity contribution in [2.75, 3.05) is 39.5 Å². The minimum atomic E-state index is -0.416. The Morgan fingerprint density at radius 3 is 2.80 bits per heavy atom. The Morgan fingerprint density at radius 1 is 1.35 bits per heavy atom. The minimum Gasteiger partial charge on any atom is -0.493 e. The molecule has 1 saturated heterocycles. The fourth-order valence-corrected chi connectivity index (χ4v) is 1.99. The van der Waals surface area contributed by atoms with E-state index in [1.54, 1.807) is 12.1 Å². The summed E-state index contributed by atoms with van der Waals surface area (Å²) in [6.45, 7) is 5.07. The molecule has 0 atom stereocenters. The van der Waals surface area contributed by atoms with Gasteiger partial charge in [-0.05, 0) is 12.5 Å². The summed E-state index contributed by atoms with van der Waals surface area (Å²) < 4.78 is 10.8. The molecule has 7 heteroatoms. The number of halogens is 1. The average Bonchev–Trinajstić information content (AvgIpc) is 2.45. The summed E-state index contributed by atoms with van der Waals surface area (Å²) >= 11 is 0. The minimum absolute atomic E-state index is 0. The standard InChI is InChI=1S/C13H18N2O4.ClH/c16-15(17)12-3-1-4-13(11-12)19-8-2-5-14-6-9-18-10-7-14;/h1,3-4,11H,2,5-10H2;1H. The van der Waals surface area contributed by atoms with Crippen molar-refractivity contribution in [3.63, 3.8) is 0 Å². The summed E-state index contributed by atoms with van der Waals surface area (Å²) in [5, 5.41) is 10.6. The molecule has 0 N–H and O–H groups in total. The number of hydrogen-bond donors (Lipinski definition) is 0. The van der Waals surface area contributed by atoms with Crippen LogP contribution in [0, 0.1) is 10.1 Å². The maximum Gasteiger partial charge on any atom is 0.273 e. The van der Waals surface area contributed by atoms with Crippen molar-refractivity contribution >= 4 is 18.1 Å². The van der Waals surface area contributed by atoms with Gasteiger partial charge in [-0.2, -0.15) is 0 Å². The second-order valence-corrected chi connectivity index (χ2v) is 4.41. The Kier molecular flexibility index (Phi) is 7.28. The van der Waals surface area contributed by atoms with Crippen molar-refractivity contribution in [3.05, 3.63) is 34.4 Å². The van der Waals surface area contributed by atoms with Crippen LogP contribution in [0.2, 0.25) is 0 Å². The van der Waals surface area contributed by atoms with Crippen LogP contribution in [-0.2, 0) is 4.74 Å². The van der Waals surface area contributed by atoms with E-state index in [1.165, 1.54) is 12.1 Å². The van der Waals surface area contributed by atoms with Crippen LogP contribution in [0.5, 0.6) is 5.75 Å². The van der Waals surface area contributed by atoms with E-state index in [2.05, 4.69) is 4.90 Å². The average molecular weight is 303 g/mol. The number of nitro benzene ring substituents is 1. The second kappa shape index (κ2) is 8.73. The first-order chi connectivity index (χ1) is 9.25. The molecule has 0 radical (unpaired) electrons. The molecule has 6 nitrogen and oxygen atoms in total. The Hall–Kier alpha value is -1.37. The molecule has 112 valence electrons. The summed E-state index contributed by atoms with van der Waals surface area (Å²) in [4.78, 5) is 12.5. The van der Waals surface area contributed by atoms with Crippen LogP contribution in [0.4, 0.5) is 5.69 Å². The molecule has 1 aromatic carbocycles. The van der Waals surface area contributed by atoms with Gasteiger partial charge in [-0.15, -0.1) is 12.4 Å². The van der Waals surface area contributed by atoms with Gasteiger partial charge in [-0.1, -0.05) is 6.07 Å². The van der Waals surface area contributed by atoms with Gasteiger partial charge in [0.15, 0.2) is 0 Å². The number of ether oxygens (including phenoxy) is 2. The van der Waals surface area contributed by atoms with Crippen LogP contribution >= 0.6 is 12.4 Å². The summed E-state index contributed by atoms with van der Waals surface area (Å²) in [6.07, 6.45) is 0.905. The molecule has 1 fully saturated rings. The van der Waals surface area contributed by atoms with Gasteiger partial charge < -0.3 is 9.47 Å². The van der Waals surface area contributed by atoms with Crippen LogP contribution in [0.1, 0.15) is 6.42 Å². The first kappa shape index (κ1) is 16.7. The molecule has 2 rings (SSSR count). The molecule has 1 aliphatic rings. The van der Waals surface area contributed by atoms with Gasteiger partial charge >= 0.3 is 0 Å². The Bertz CT molecular complexity index is 425. The molecule has 20 heavy (non-hydrogen) atoms.